The highest BCUT2D eigenvalue weighted by atomic mass is 79.9. The van der Waals surface area contributed by atoms with Crippen molar-refractivity contribution >= 4 is 33.4 Å². The molecule has 0 saturated heterocycles. The van der Waals surface area contributed by atoms with Crippen molar-refractivity contribution in [3.8, 4) is 5.40 Å². The summed E-state index contributed by atoms with van der Waals surface area (Å²) in [5.41, 5.74) is -0.0275. The quantitative estimate of drug-likeness (QED) is 0.354. The maximum atomic E-state index is 10.5. The third-order valence-corrected chi connectivity index (χ3v) is 2.53. The molecule has 1 aromatic carbocycles. The second kappa shape index (κ2) is 4.25. The molecule has 0 bridgehead atoms. The average Bonchev–Trinajstić information content (AvgIpc) is 2.08. The molecule has 0 atom stereocenters. The van der Waals surface area contributed by atoms with Gasteiger partial charge in [-0.25, -0.2) is 0 Å². The van der Waals surface area contributed by atoms with E-state index in [0.29, 0.717) is 9.37 Å². The van der Waals surface area contributed by atoms with E-state index in [0.717, 1.165) is 11.8 Å². The zero-order chi connectivity index (χ0) is 9.84. The number of nitro benzene ring substituents is 1. The summed E-state index contributed by atoms with van der Waals surface area (Å²) in [6.07, 6.45) is 0. The van der Waals surface area contributed by atoms with E-state index in [9.17, 15) is 10.1 Å². The molecule has 13 heavy (non-hydrogen) atoms. The van der Waals surface area contributed by atoms with Crippen molar-refractivity contribution in [2.45, 2.75) is 4.90 Å². The number of halogens is 1. The number of rotatable bonds is 2. The van der Waals surface area contributed by atoms with Crippen LogP contribution in [-0.2, 0) is 0 Å². The van der Waals surface area contributed by atoms with Gasteiger partial charge in [0.2, 0.25) is 0 Å². The summed E-state index contributed by atoms with van der Waals surface area (Å²) in [6.45, 7) is 0. The third-order valence-electron chi connectivity index (χ3n) is 1.28. The molecule has 4 nitrogen and oxygen atoms in total. The zero-order valence-corrected chi connectivity index (χ0v) is 8.63. The predicted molar refractivity (Wildman–Crippen MR) is 52.3 cm³/mol. The minimum Gasteiger partial charge on any atom is -0.258 e. The summed E-state index contributed by atoms with van der Waals surface area (Å²) in [4.78, 5) is 10.5. The molecule has 0 unspecified atom stereocenters. The van der Waals surface area contributed by atoms with Crippen LogP contribution in [-0.4, -0.2) is 4.92 Å². The van der Waals surface area contributed by atoms with Gasteiger partial charge in [0.1, 0.15) is 5.40 Å². The summed E-state index contributed by atoms with van der Waals surface area (Å²) in [6, 6.07) is 4.56. The molecule has 0 N–H and O–H groups in total. The van der Waals surface area contributed by atoms with Crippen LogP contribution in [0.15, 0.2) is 27.6 Å². The van der Waals surface area contributed by atoms with Crippen LogP contribution < -0.4 is 0 Å². The minimum absolute atomic E-state index is 0.0275. The first-order valence-electron chi connectivity index (χ1n) is 3.15. The largest absolute Gasteiger partial charge is 0.284 e. The van der Waals surface area contributed by atoms with Crippen molar-refractivity contribution in [3.63, 3.8) is 0 Å². The highest BCUT2D eigenvalue weighted by Crippen LogP contribution is 2.29. The molecule has 0 heterocycles. The molecule has 0 amide bonds. The van der Waals surface area contributed by atoms with E-state index >= 15 is 0 Å². The Morgan fingerprint density at radius 2 is 2.31 bits per heavy atom. The lowest BCUT2D eigenvalue weighted by molar-refractivity contribution is -0.385. The molecule has 0 aliphatic rings. The van der Waals surface area contributed by atoms with Gasteiger partial charge in [-0.2, -0.15) is 5.26 Å². The fourth-order valence-corrected chi connectivity index (χ4v) is 1.55. The number of hydrogen-bond acceptors (Lipinski definition) is 4. The van der Waals surface area contributed by atoms with Gasteiger partial charge in [-0.05, 0) is 39.8 Å². The molecular formula is C7H3BrN2O2S. The van der Waals surface area contributed by atoms with E-state index in [4.69, 9.17) is 5.26 Å². The number of hydrogen-bond donors (Lipinski definition) is 0. The molecule has 1 aromatic rings. The summed E-state index contributed by atoms with van der Waals surface area (Å²) in [7, 11) is 0. The Morgan fingerprint density at radius 3 is 2.85 bits per heavy atom. The fourth-order valence-electron chi connectivity index (χ4n) is 0.749. The number of nitriles is 1. The van der Waals surface area contributed by atoms with Crippen LogP contribution in [0.4, 0.5) is 5.69 Å². The smallest absolute Gasteiger partial charge is 0.258 e. The molecule has 0 saturated carbocycles. The Hall–Kier alpha value is -1.06. The molecule has 0 aromatic heterocycles. The van der Waals surface area contributed by atoms with Gasteiger partial charge in [0.25, 0.3) is 5.69 Å². The first-order valence-corrected chi connectivity index (χ1v) is 4.76. The first-order chi connectivity index (χ1) is 6.15. The van der Waals surface area contributed by atoms with Gasteiger partial charge in [-0.15, -0.1) is 0 Å². The summed E-state index contributed by atoms with van der Waals surface area (Å²) < 4.78 is 0.416. The molecule has 0 spiro atoms. The lowest BCUT2D eigenvalue weighted by Crippen LogP contribution is -1.88. The van der Waals surface area contributed by atoms with Crippen LogP contribution in [0.3, 0.4) is 0 Å². The molecule has 0 aliphatic heterocycles. The van der Waals surface area contributed by atoms with Gasteiger partial charge in [-0.1, -0.05) is 0 Å². The Kier molecular flexibility index (Phi) is 3.28. The van der Waals surface area contributed by atoms with E-state index in [2.05, 4.69) is 15.9 Å². The van der Waals surface area contributed by atoms with E-state index in [1.165, 1.54) is 6.07 Å². The Balaban J connectivity index is 3.13. The van der Waals surface area contributed by atoms with Crippen LogP contribution >= 0.6 is 27.7 Å². The van der Waals surface area contributed by atoms with Crippen molar-refractivity contribution in [2.75, 3.05) is 0 Å². The highest BCUT2D eigenvalue weighted by Gasteiger charge is 2.12. The van der Waals surface area contributed by atoms with Crippen molar-refractivity contribution in [1.29, 1.82) is 5.26 Å². The molecule has 66 valence electrons. The molecule has 6 heteroatoms. The van der Waals surface area contributed by atoms with Crippen LogP contribution in [0.1, 0.15) is 0 Å². The van der Waals surface area contributed by atoms with E-state index in [-0.39, 0.29) is 5.69 Å². The lowest BCUT2D eigenvalue weighted by Gasteiger charge is -1.96. The molecule has 0 fully saturated rings. The van der Waals surface area contributed by atoms with Crippen LogP contribution in [0.2, 0.25) is 0 Å². The first kappa shape index (κ1) is 10.0. The molecule has 0 aliphatic carbocycles. The van der Waals surface area contributed by atoms with Gasteiger partial charge in [0, 0.05) is 11.0 Å². The molecule has 0 radical (unpaired) electrons. The number of nitrogens with zero attached hydrogens (tertiary/aromatic N) is 2. The summed E-state index contributed by atoms with van der Waals surface area (Å²) >= 11 is 3.94. The maximum Gasteiger partial charge on any atom is 0.284 e. The van der Waals surface area contributed by atoms with Crippen LogP contribution in [0, 0.1) is 20.8 Å². The second-order valence-corrected chi connectivity index (χ2v) is 3.78. The van der Waals surface area contributed by atoms with Crippen molar-refractivity contribution < 1.29 is 4.92 Å². The SMILES string of the molecule is N#CSc1ccc(Br)c([N+](=O)[O-])c1. The molecule has 1 rings (SSSR count). The number of thioether (sulfide) groups is 1. The number of nitro groups is 1. The average molecular weight is 259 g/mol. The van der Waals surface area contributed by atoms with Gasteiger partial charge in [0.05, 0.1) is 9.40 Å². The zero-order valence-electron chi connectivity index (χ0n) is 6.23. The Labute approximate surface area is 86.8 Å². The summed E-state index contributed by atoms with van der Waals surface area (Å²) in [5, 5.41) is 20.7. The van der Waals surface area contributed by atoms with E-state index < -0.39 is 4.92 Å². The maximum absolute atomic E-state index is 10.5. The predicted octanol–water partition coefficient (Wildman–Crippen LogP) is 2.93. The van der Waals surface area contributed by atoms with Crippen molar-refractivity contribution in [3.05, 3.63) is 32.8 Å². The van der Waals surface area contributed by atoms with E-state index in [1.54, 1.807) is 12.1 Å². The van der Waals surface area contributed by atoms with Crippen LogP contribution in [0.5, 0.6) is 0 Å². The van der Waals surface area contributed by atoms with Gasteiger partial charge in [0.15, 0.2) is 0 Å². The van der Waals surface area contributed by atoms with Crippen molar-refractivity contribution in [2.24, 2.45) is 0 Å². The standard InChI is InChI=1S/C7H3BrN2O2S/c8-6-2-1-5(13-4-9)3-7(6)10(11)12/h1-3H. The number of thiocyanates is 1. The third kappa shape index (κ3) is 2.44. The van der Waals surface area contributed by atoms with Crippen molar-refractivity contribution in [1.82, 2.24) is 0 Å². The Morgan fingerprint density at radius 1 is 1.62 bits per heavy atom. The van der Waals surface area contributed by atoms with Crippen LogP contribution in [0.25, 0.3) is 0 Å². The lowest BCUT2D eigenvalue weighted by atomic mass is 10.3. The number of benzene rings is 1. The topological polar surface area (TPSA) is 66.9 Å². The van der Waals surface area contributed by atoms with E-state index in [1.807, 2.05) is 5.40 Å². The fraction of sp³-hybridized carbons (Fsp3) is 0. The minimum atomic E-state index is -0.495. The van der Waals surface area contributed by atoms with Gasteiger partial charge in [-0.3, -0.25) is 10.1 Å². The van der Waals surface area contributed by atoms with Gasteiger partial charge >= 0.3 is 0 Å². The normalized spacial score (nSPS) is 9.23. The molecular weight excluding hydrogens is 256 g/mol. The van der Waals surface area contributed by atoms with Gasteiger partial charge < -0.3 is 0 Å². The monoisotopic (exact) mass is 258 g/mol. The summed E-state index contributed by atoms with van der Waals surface area (Å²) in [5.74, 6) is 0. The highest BCUT2D eigenvalue weighted by molar-refractivity contribution is 9.10. The Bertz CT molecular complexity index is 389. The second-order valence-electron chi connectivity index (χ2n) is 2.06.